The number of hydrogen-bond donors (Lipinski definition) is 2. The van der Waals surface area contributed by atoms with Crippen molar-refractivity contribution < 1.29 is 4.79 Å². The molecule has 1 amide bonds. The molecule has 0 aromatic carbocycles. The number of nitrogens with two attached hydrogens (primary N) is 1. The van der Waals surface area contributed by atoms with Gasteiger partial charge in [-0.3, -0.25) is 9.69 Å². The van der Waals surface area contributed by atoms with Crippen LogP contribution in [-0.2, 0) is 4.79 Å². The van der Waals surface area contributed by atoms with E-state index in [0.29, 0.717) is 24.7 Å². The maximum atomic E-state index is 12.0. The molecule has 3 unspecified atom stereocenters. The Labute approximate surface area is 103 Å². The second-order valence-corrected chi connectivity index (χ2v) is 5.27. The molecule has 0 aromatic heterocycles. The summed E-state index contributed by atoms with van der Waals surface area (Å²) in [6.45, 7) is 6.16. The van der Waals surface area contributed by atoms with Crippen LogP contribution < -0.4 is 11.1 Å². The molecule has 2 saturated heterocycles. The molecule has 4 nitrogen and oxygen atoms in total. The summed E-state index contributed by atoms with van der Waals surface area (Å²) < 4.78 is 0. The molecule has 96 valence electrons. The molecular formula is C13H23N3O. The molecule has 0 saturated carbocycles. The molecule has 2 aliphatic heterocycles. The standard InChI is InChI=1S/C13H23N3O/c1-3-6-15-13(17)9(2)16-11-4-5-12(16)8-10(14)7-11/h3,9-12H,1,4-8,14H2,2H3,(H,15,17). The zero-order valence-electron chi connectivity index (χ0n) is 10.6. The summed E-state index contributed by atoms with van der Waals surface area (Å²) in [6.07, 6.45) is 6.17. The van der Waals surface area contributed by atoms with Gasteiger partial charge in [-0.05, 0) is 32.6 Å². The van der Waals surface area contributed by atoms with Gasteiger partial charge in [-0.15, -0.1) is 6.58 Å². The Morgan fingerprint density at radius 2 is 2.12 bits per heavy atom. The summed E-state index contributed by atoms with van der Waals surface area (Å²) in [5, 5.41) is 2.88. The zero-order valence-corrected chi connectivity index (χ0v) is 10.6. The van der Waals surface area contributed by atoms with Crippen molar-refractivity contribution in [2.24, 2.45) is 5.73 Å². The van der Waals surface area contributed by atoms with E-state index in [4.69, 9.17) is 5.73 Å². The first-order valence-electron chi connectivity index (χ1n) is 6.55. The van der Waals surface area contributed by atoms with Gasteiger partial charge < -0.3 is 11.1 Å². The van der Waals surface area contributed by atoms with E-state index in [0.717, 1.165) is 12.8 Å². The van der Waals surface area contributed by atoms with Crippen molar-refractivity contribution in [2.75, 3.05) is 6.54 Å². The van der Waals surface area contributed by atoms with Gasteiger partial charge in [0.05, 0.1) is 6.04 Å². The number of hydrogen-bond acceptors (Lipinski definition) is 3. The molecule has 2 aliphatic rings. The van der Waals surface area contributed by atoms with E-state index in [-0.39, 0.29) is 11.9 Å². The van der Waals surface area contributed by atoms with Crippen LogP contribution >= 0.6 is 0 Å². The van der Waals surface area contributed by atoms with Crippen LogP contribution in [0.2, 0.25) is 0 Å². The number of carbonyl (C=O) groups excluding carboxylic acids is 1. The van der Waals surface area contributed by atoms with Crippen LogP contribution in [0.15, 0.2) is 12.7 Å². The minimum Gasteiger partial charge on any atom is -0.351 e. The molecular weight excluding hydrogens is 214 g/mol. The van der Waals surface area contributed by atoms with Crippen LogP contribution in [0.25, 0.3) is 0 Å². The Kier molecular flexibility index (Phi) is 3.84. The van der Waals surface area contributed by atoms with Gasteiger partial charge in [0.15, 0.2) is 0 Å². The van der Waals surface area contributed by atoms with Crippen LogP contribution in [0.5, 0.6) is 0 Å². The normalized spacial score (nSPS) is 34.4. The van der Waals surface area contributed by atoms with Crippen LogP contribution in [-0.4, -0.2) is 41.5 Å². The lowest BCUT2D eigenvalue weighted by atomic mass is 9.96. The fourth-order valence-corrected chi connectivity index (χ4v) is 3.34. The van der Waals surface area contributed by atoms with Crippen molar-refractivity contribution in [3.63, 3.8) is 0 Å². The highest BCUT2D eigenvalue weighted by molar-refractivity contribution is 5.81. The maximum Gasteiger partial charge on any atom is 0.237 e. The fourth-order valence-electron chi connectivity index (χ4n) is 3.34. The largest absolute Gasteiger partial charge is 0.351 e. The van der Waals surface area contributed by atoms with E-state index < -0.39 is 0 Å². The SMILES string of the molecule is C=CCNC(=O)C(C)N1C2CCC1CC(N)C2. The monoisotopic (exact) mass is 237 g/mol. The third-order valence-corrected chi connectivity index (χ3v) is 4.07. The predicted molar refractivity (Wildman–Crippen MR) is 68.5 cm³/mol. The second-order valence-electron chi connectivity index (χ2n) is 5.27. The number of nitrogens with zero attached hydrogens (tertiary/aromatic N) is 1. The number of carbonyl (C=O) groups is 1. The molecule has 0 aromatic rings. The van der Waals surface area contributed by atoms with Crippen LogP contribution in [0.3, 0.4) is 0 Å². The number of piperidine rings is 1. The van der Waals surface area contributed by atoms with E-state index in [2.05, 4.69) is 16.8 Å². The lowest BCUT2D eigenvalue weighted by molar-refractivity contribution is -0.127. The van der Waals surface area contributed by atoms with Crippen molar-refractivity contribution in [1.82, 2.24) is 10.2 Å². The predicted octanol–water partition coefficient (Wildman–Crippen LogP) is 0.631. The molecule has 3 atom stereocenters. The molecule has 2 fully saturated rings. The van der Waals surface area contributed by atoms with E-state index in [1.807, 2.05) is 6.92 Å². The topological polar surface area (TPSA) is 58.4 Å². The lowest BCUT2D eigenvalue weighted by Gasteiger charge is -2.40. The van der Waals surface area contributed by atoms with E-state index in [9.17, 15) is 4.79 Å². The van der Waals surface area contributed by atoms with Crippen molar-refractivity contribution in [3.05, 3.63) is 12.7 Å². The van der Waals surface area contributed by atoms with Gasteiger partial charge in [-0.1, -0.05) is 6.08 Å². The highest BCUT2D eigenvalue weighted by atomic mass is 16.2. The Hall–Kier alpha value is -0.870. The van der Waals surface area contributed by atoms with E-state index in [1.165, 1.54) is 12.8 Å². The number of amides is 1. The Morgan fingerprint density at radius 1 is 1.53 bits per heavy atom. The first kappa shape index (κ1) is 12.6. The highest BCUT2D eigenvalue weighted by Gasteiger charge is 2.43. The average Bonchev–Trinajstić information content (AvgIpc) is 2.57. The van der Waals surface area contributed by atoms with Crippen molar-refractivity contribution in [3.8, 4) is 0 Å². The Bertz CT molecular complexity index is 291. The molecule has 2 rings (SSSR count). The number of nitrogens with one attached hydrogen (secondary N) is 1. The van der Waals surface area contributed by atoms with Gasteiger partial charge in [-0.25, -0.2) is 0 Å². The summed E-state index contributed by atoms with van der Waals surface area (Å²) in [7, 11) is 0. The third-order valence-electron chi connectivity index (χ3n) is 4.07. The van der Waals surface area contributed by atoms with E-state index in [1.54, 1.807) is 6.08 Å². The molecule has 0 radical (unpaired) electrons. The zero-order chi connectivity index (χ0) is 12.4. The van der Waals surface area contributed by atoms with Crippen LogP contribution in [0.4, 0.5) is 0 Å². The third kappa shape index (κ3) is 2.53. The van der Waals surface area contributed by atoms with Gasteiger partial charge in [0.2, 0.25) is 5.91 Å². The van der Waals surface area contributed by atoms with Gasteiger partial charge >= 0.3 is 0 Å². The summed E-state index contributed by atoms with van der Waals surface area (Å²) in [4.78, 5) is 14.3. The second kappa shape index (κ2) is 5.19. The highest BCUT2D eigenvalue weighted by Crippen LogP contribution is 2.36. The molecule has 0 aliphatic carbocycles. The minimum atomic E-state index is -0.0417. The van der Waals surface area contributed by atoms with Crippen molar-refractivity contribution >= 4 is 5.91 Å². The lowest BCUT2D eigenvalue weighted by Crippen LogP contribution is -2.55. The smallest absolute Gasteiger partial charge is 0.237 e. The number of rotatable bonds is 4. The first-order valence-corrected chi connectivity index (χ1v) is 6.55. The first-order chi connectivity index (χ1) is 8.13. The van der Waals surface area contributed by atoms with E-state index >= 15 is 0 Å². The number of fused-ring (bicyclic) bond motifs is 2. The van der Waals surface area contributed by atoms with Crippen LogP contribution in [0, 0.1) is 0 Å². The quantitative estimate of drug-likeness (QED) is 0.705. The van der Waals surface area contributed by atoms with Crippen LogP contribution in [0.1, 0.15) is 32.6 Å². The molecule has 0 spiro atoms. The summed E-state index contributed by atoms with van der Waals surface area (Å²) in [6, 6.07) is 1.30. The average molecular weight is 237 g/mol. The van der Waals surface area contributed by atoms with Gasteiger partial charge in [0, 0.05) is 24.7 Å². The summed E-state index contributed by atoms with van der Waals surface area (Å²) in [5.41, 5.74) is 6.03. The van der Waals surface area contributed by atoms with Crippen molar-refractivity contribution in [1.29, 1.82) is 0 Å². The summed E-state index contributed by atoms with van der Waals surface area (Å²) in [5.74, 6) is 0.109. The van der Waals surface area contributed by atoms with Gasteiger partial charge in [-0.2, -0.15) is 0 Å². The summed E-state index contributed by atoms with van der Waals surface area (Å²) >= 11 is 0. The molecule has 2 heterocycles. The van der Waals surface area contributed by atoms with Gasteiger partial charge in [0.25, 0.3) is 0 Å². The molecule has 2 bridgehead atoms. The fraction of sp³-hybridized carbons (Fsp3) is 0.769. The molecule has 4 heteroatoms. The van der Waals surface area contributed by atoms with Crippen molar-refractivity contribution in [2.45, 2.75) is 56.8 Å². The maximum absolute atomic E-state index is 12.0. The molecule has 3 N–H and O–H groups in total. The Morgan fingerprint density at radius 3 is 2.65 bits per heavy atom. The Balaban J connectivity index is 1.98. The minimum absolute atomic E-state index is 0.0417. The molecule has 17 heavy (non-hydrogen) atoms. The van der Waals surface area contributed by atoms with Gasteiger partial charge in [0.1, 0.15) is 0 Å².